The van der Waals surface area contributed by atoms with Crippen LogP contribution in [0.3, 0.4) is 0 Å². The summed E-state index contributed by atoms with van der Waals surface area (Å²) in [5.74, 6) is 0.683. The summed E-state index contributed by atoms with van der Waals surface area (Å²) in [6, 6.07) is 10.7. The number of rotatable bonds is 8. The van der Waals surface area contributed by atoms with Gasteiger partial charge in [0.2, 0.25) is 0 Å². The molecule has 20 heavy (non-hydrogen) atoms. The largest absolute Gasteiger partial charge is 0.394 e. The molecule has 0 fully saturated rings. The third-order valence-corrected chi connectivity index (χ3v) is 4.16. The topological polar surface area (TPSA) is 35.5 Å². The van der Waals surface area contributed by atoms with Gasteiger partial charge in [-0.2, -0.15) is 0 Å². The molecule has 0 heterocycles. The van der Waals surface area contributed by atoms with Crippen molar-refractivity contribution in [3.63, 3.8) is 0 Å². The van der Waals surface area contributed by atoms with Crippen LogP contribution >= 0.6 is 0 Å². The van der Waals surface area contributed by atoms with Gasteiger partial charge in [0.25, 0.3) is 0 Å². The summed E-state index contributed by atoms with van der Waals surface area (Å²) in [4.78, 5) is 2.33. The maximum atomic E-state index is 9.95. The van der Waals surface area contributed by atoms with Crippen LogP contribution in [0.5, 0.6) is 0 Å². The molecule has 0 saturated carbocycles. The Balaban J connectivity index is 2.87. The molecular formula is C17H30N2O. The molecule has 3 heteroatoms. The minimum atomic E-state index is -0.402. The molecule has 3 nitrogen and oxygen atoms in total. The molecule has 2 N–H and O–H groups in total. The van der Waals surface area contributed by atoms with E-state index in [0.717, 1.165) is 18.5 Å². The van der Waals surface area contributed by atoms with E-state index in [9.17, 15) is 5.11 Å². The van der Waals surface area contributed by atoms with E-state index in [2.05, 4.69) is 50.2 Å². The molecule has 114 valence electrons. The highest BCUT2D eigenvalue weighted by Gasteiger charge is 2.32. The molecular weight excluding hydrogens is 248 g/mol. The lowest BCUT2D eigenvalue weighted by atomic mass is 9.89. The van der Waals surface area contributed by atoms with Crippen molar-refractivity contribution in [1.29, 1.82) is 0 Å². The Hall–Kier alpha value is -0.900. The van der Waals surface area contributed by atoms with Crippen molar-refractivity contribution in [2.24, 2.45) is 5.92 Å². The van der Waals surface area contributed by atoms with Crippen LogP contribution in [-0.2, 0) is 5.54 Å². The molecule has 1 rings (SSSR count). The van der Waals surface area contributed by atoms with Crippen LogP contribution in [0.25, 0.3) is 0 Å². The van der Waals surface area contributed by atoms with Crippen molar-refractivity contribution >= 4 is 0 Å². The van der Waals surface area contributed by atoms with Gasteiger partial charge in [-0.05, 0) is 38.9 Å². The highest BCUT2D eigenvalue weighted by atomic mass is 16.3. The van der Waals surface area contributed by atoms with Crippen LogP contribution in [0.4, 0.5) is 0 Å². The minimum absolute atomic E-state index is 0.0895. The lowest BCUT2D eigenvalue weighted by Gasteiger charge is -2.38. The van der Waals surface area contributed by atoms with Crippen LogP contribution in [-0.4, -0.2) is 43.3 Å². The highest BCUT2D eigenvalue weighted by molar-refractivity contribution is 5.25. The van der Waals surface area contributed by atoms with E-state index in [1.807, 2.05) is 25.2 Å². The summed E-state index contributed by atoms with van der Waals surface area (Å²) in [6.45, 7) is 7.63. The molecule has 0 bridgehead atoms. The molecule has 2 atom stereocenters. The van der Waals surface area contributed by atoms with Crippen molar-refractivity contribution in [2.75, 3.05) is 27.2 Å². The third-order valence-electron chi connectivity index (χ3n) is 4.16. The number of aliphatic hydroxyl groups excluding tert-OH is 1. The lowest BCUT2D eigenvalue weighted by molar-refractivity contribution is 0.102. The van der Waals surface area contributed by atoms with Gasteiger partial charge in [0.05, 0.1) is 12.1 Å². The second-order valence-corrected chi connectivity index (χ2v) is 6.25. The van der Waals surface area contributed by atoms with E-state index in [4.69, 9.17) is 0 Å². The fraction of sp³-hybridized carbons (Fsp3) is 0.647. The lowest BCUT2D eigenvalue weighted by Crippen LogP contribution is -2.53. The van der Waals surface area contributed by atoms with Gasteiger partial charge in [-0.1, -0.05) is 44.2 Å². The van der Waals surface area contributed by atoms with Crippen LogP contribution in [0.15, 0.2) is 30.3 Å². The maximum Gasteiger partial charge on any atom is 0.0795 e. The third kappa shape index (κ3) is 4.30. The summed E-state index contributed by atoms with van der Waals surface area (Å²) >= 11 is 0. The first-order valence-electron chi connectivity index (χ1n) is 7.50. The summed E-state index contributed by atoms with van der Waals surface area (Å²) < 4.78 is 0. The van der Waals surface area contributed by atoms with Gasteiger partial charge in [-0.15, -0.1) is 0 Å². The van der Waals surface area contributed by atoms with Gasteiger partial charge in [0, 0.05) is 12.6 Å². The molecule has 0 aliphatic heterocycles. The molecule has 2 unspecified atom stereocenters. The predicted octanol–water partition coefficient (Wildman–Crippen LogP) is 2.46. The first-order valence-corrected chi connectivity index (χ1v) is 7.50. The smallest absolute Gasteiger partial charge is 0.0795 e. The van der Waals surface area contributed by atoms with Crippen LogP contribution in [0.1, 0.15) is 32.8 Å². The summed E-state index contributed by atoms with van der Waals surface area (Å²) in [5, 5.41) is 13.3. The van der Waals surface area contributed by atoms with Gasteiger partial charge in [-0.3, -0.25) is 0 Å². The monoisotopic (exact) mass is 278 g/mol. The predicted molar refractivity (Wildman–Crippen MR) is 85.8 cm³/mol. The number of hydrogen-bond acceptors (Lipinski definition) is 3. The molecule has 0 amide bonds. The Labute approximate surface area is 124 Å². The number of benzene rings is 1. The number of hydrogen-bond donors (Lipinski definition) is 2. The molecule has 1 aromatic carbocycles. The molecule has 0 aromatic heterocycles. The highest BCUT2D eigenvalue weighted by Crippen LogP contribution is 2.23. The molecule has 0 aliphatic rings. The minimum Gasteiger partial charge on any atom is -0.394 e. The standard InChI is InChI=1S/C17H30N2O/c1-14(2)11-15(3)19(5)12-17(13-20,18-4)16-9-7-6-8-10-16/h6-10,14-15,18,20H,11-13H2,1-5H3. The zero-order valence-corrected chi connectivity index (χ0v) is 13.6. The number of nitrogens with one attached hydrogen (secondary N) is 1. The first-order chi connectivity index (χ1) is 9.45. The molecule has 0 saturated heterocycles. The number of nitrogens with zero attached hydrogens (tertiary/aromatic N) is 1. The average molecular weight is 278 g/mol. The summed E-state index contributed by atoms with van der Waals surface area (Å²) in [6.07, 6.45) is 1.16. The molecule has 0 spiro atoms. The zero-order valence-electron chi connectivity index (χ0n) is 13.6. The Morgan fingerprint density at radius 2 is 1.80 bits per heavy atom. The first kappa shape index (κ1) is 17.2. The van der Waals surface area contributed by atoms with Gasteiger partial charge in [-0.25, -0.2) is 0 Å². The van der Waals surface area contributed by atoms with Crippen molar-refractivity contribution in [3.8, 4) is 0 Å². The Morgan fingerprint density at radius 3 is 2.25 bits per heavy atom. The summed E-state index contributed by atoms with van der Waals surface area (Å²) in [5.41, 5.74) is 0.731. The Kier molecular flexibility index (Phi) is 6.66. The summed E-state index contributed by atoms with van der Waals surface area (Å²) in [7, 11) is 4.06. The quantitative estimate of drug-likeness (QED) is 0.767. The van der Waals surface area contributed by atoms with E-state index in [0.29, 0.717) is 12.0 Å². The van der Waals surface area contributed by atoms with E-state index in [-0.39, 0.29) is 6.61 Å². The fourth-order valence-corrected chi connectivity index (χ4v) is 2.74. The Bertz CT molecular complexity index is 374. The fourth-order valence-electron chi connectivity index (χ4n) is 2.74. The van der Waals surface area contributed by atoms with E-state index in [1.54, 1.807) is 0 Å². The molecule has 1 aromatic rings. The van der Waals surface area contributed by atoms with E-state index < -0.39 is 5.54 Å². The van der Waals surface area contributed by atoms with E-state index >= 15 is 0 Å². The molecule has 0 radical (unpaired) electrons. The van der Waals surface area contributed by atoms with Gasteiger partial charge in [0.15, 0.2) is 0 Å². The average Bonchev–Trinajstić information content (AvgIpc) is 2.45. The van der Waals surface area contributed by atoms with Gasteiger partial charge in [0.1, 0.15) is 0 Å². The Morgan fingerprint density at radius 1 is 1.20 bits per heavy atom. The normalized spacial score (nSPS) is 16.4. The van der Waals surface area contributed by atoms with Gasteiger partial charge < -0.3 is 15.3 Å². The van der Waals surface area contributed by atoms with Crippen molar-refractivity contribution < 1.29 is 5.11 Å². The number of aliphatic hydroxyl groups is 1. The number of likely N-dealkylation sites (N-methyl/N-ethyl adjacent to an activating group) is 2. The zero-order chi connectivity index (χ0) is 15.2. The van der Waals surface area contributed by atoms with Crippen LogP contribution in [0, 0.1) is 5.92 Å². The van der Waals surface area contributed by atoms with Crippen LogP contribution < -0.4 is 5.32 Å². The SMILES string of the molecule is CNC(CO)(CN(C)C(C)CC(C)C)c1ccccc1. The van der Waals surface area contributed by atoms with E-state index in [1.165, 1.54) is 0 Å². The van der Waals surface area contributed by atoms with Crippen molar-refractivity contribution in [2.45, 2.75) is 38.8 Å². The maximum absolute atomic E-state index is 9.95. The van der Waals surface area contributed by atoms with Crippen LogP contribution in [0.2, 0.25) is 0 Å². The molecule has 0 aliphatic carbocycles. The van der Waals surface area contributed by atoms with Crippen molar-refractivity contribution in [3.05, 3.63) is 35.9 Å². The second-order valence-electron chi connectivity index (χ2n) is 6.25. The van der Waals surface area contributed by atoms with Gasteiger partial charge >= 0.3 is 0 Å². The second kappa shape index (κ2) is 7.77. The van der Waals surface area contributed by atoms with Crippen molar-refractivity contribution in [1.82, 2.24) is 10.2 Å².